The van der Waals surface area contributed by atoms with Crippen LogP contribution < -0.4 is 11.1 Å². The highest BCUT2D eigenvalue weighted by molar-refractivity contribution is 5.73. The number of hydrogen-bond donors (Lipinski definition) is 2. The Morgan fingerprint density at radius 1 is 1.38 bits per heavy atom. The summed E-state index contributed by atoms with van der Waals surface area (Å²) in [5, 5.41) is 2.93. The number of carbonyl (C=O) groups excluding carboxylic acids is 1. The van der Waals surface area contributed by atoms with Gasteiger partial charge in [-0.2, -0.15) is 0 Å². The Morgan fingerprint density at radius 3 is 2.56 bits per heavy atom. The molecule has 0 aliphatic carbocycles. The minimum atomic E-state index is -0.223. The fourth-order valence-electron chi connectivity index (χ4n) is 1.90. The zero-order chi connectivity index (χ0) is 12.2. The van der Waals surface area contributed by atoms with Crippen molar-refractivity contribution < 1.29 is 4.79 Å². The van der Waals surface area contributed by atoms with E-state index in [0.717, 1.165) is 12.0 Å². The maximum absolute atomic E-state index is 11.0. The van der Waals surface area contributed by atoms with Crippen molar-refractivity contribution in [1.29, 1.82) is 0 Å². The van der Waals surface area contributed by atoms with E-state index in [1.165, 1.54) is 12.5 Å². The second-order valence-corrected chi connectivity index (χ2v) is 4.77. The van der Waals surface area contributed by atoms with Crippen molar-refractivity contribution in [2.75, 3.05) is 0 Å². The zero-order valence-electron chi connectivity index (χ0n) is 10.2. The second-order valence-electron chi connectivity index (χ2n) is 4.77. The van der Waals surface area contributed by atoms with Gasteiger partial charge in [0.1, 0.15) is 0 Å². The van der Waals surface area contributed by atoms with Crippen LogP contribution in [0.3, 0.4) is 0 Å². The summed E-state index contributed by atoms with van der Waals surface area (Å²) in [5.41, 5.74) is 7.69. The fraction of sp³-hybridized carbons (Fsp3) is 0.462. The Morgan fingerprint density at radius 2 is 2.00 bits per heavy atom. The van der Waals surface area contributed by atoms with E-state index in [1.807, 2.05) is 26.0 Å². The van der Waals surface area contributed by atoms with Crippen molar-refractivity contribution >= 4 is 5.91 Å². The van der Waals surface area contributed by atoms with Crippen molar-refractivity contribution in [3.63, 3.8) is 0 Å². The maximum atomic E-state index is 11.0. The summed E-state index contributed by atoms with van der Waals surface area (Å²) in [7, 11) is 0. The third-order valence-corrected chi connectivity index (χ3v) is 2.39. The third kappa shape index (κ3) is 4.03. The van der Waals surface area contributed by atoms with E-state index in [4.69, 9.17) is 5.73 Å². The average Bonchev–Trinajstić information content (AvgIpc) is 2.15. The highest BCUT2D eigenvalue weighted by Crippen LogP contribution is 2.14. The van der Waals surface area contributed by atoms with Gasteiger partial charge in [-0.15, -0.1) is 0 Å². The Bertz CT molecular complexity index is 372. The number of rotatable bonds is 4. The standard InChI is InChI=1S/C13H20N2O/c1-10(16)15-13(2,3)8-11-5-4-6-12(7-11)9-14/h4-7H,8-9,14H2,1-3H3,(H,15,16). The molecule has 1 aromatic carbocycles. The quantitative estimate of drug-likeness (QED) is 0.810. The van der Waals surface area contributed by atoms with Gasteiger partial charge in [0.25, 0.3) is 0 Å². The fourth-order valence-corrected chi connectivity index (χ4v) is 1.90. The molecule has 0 bridgehead atoms. The molecular formula is C13H20N2O. The van der Waals surface area contributed by atoms with E-state index in [-0.39, 0.29) is 11.4 Å². The van der Waals surface area contributed by atoms with Gasteiger partial charge in [0, 0.05) is 19.0 Å². The molecule has 16 heavy (non-hydrogen) atoms. The molecule has 0 spiro atoms. The predicted molar refractivity (Wildman–Crippen MR) is 65.9 cm³/mol. The van der Waals surface area contributed by atoms with Gasteiger partial charge in [-0.05, 0) is 31.4 Å². The van der Waals surface area contributed by atoms with Crippen LogP contribution >= 0.6 is 0 Å². The molecule has 0 aliphatic rings. The molecule has 1 aromatic rings. The van der Waals surface area contributed by atoms with E-state index in [0.29, 0.717) is 6.54 Å². The molecule has 3 heteroatoms. The third-order valence-electron chi connectivity index (χ3n) is 2.39. The van der Waals surface area contributed by atoms with E-state index in [2.05, 4.69) is 17.4 Å². The number of amides is 1. The SMILES string of the molecule is CC(=O)NC(C)(C)Cc1cccc(CN)c1. The summed E-state index contributed by atoms with van der Waals surface area (Å²) >= 11 is 0. The van der Waals surface area contributed by atoms with Crippen LogP contribution in [-0.2, 0) is 17.8 Å². The first-order valence-electron chi connectivity index (χ1n) is 5.49. The topological polar surface area (TPSA) is 55.1 Å². The second kappa shape index (κ2) is 5.12. The molecule has 0 saturated carbocycles. The first-order chi connectivity index (χ1) is 7.43. The van der Waals surface area contributed by atoms with E-state index >= 15 is 0 Å². The number of nitrogens with one attached hydrogen (secondary N) is 1. The largest absolute Gasteiger partial charge is 0.351 e. The molecule has 0 fully saturated rings. The summed E-state index contributed by atoms with van der Waals surface area (Å²) in [6.45, 7) is 6.12. The van der Waals surface area contributed by atoms with Gasteiger partial charge in [-0.25, -0.2) is 0 Å². The van der Waals surface area contributed by atoms with E-state index in [1.54, 1.807) is 0 Å². The van der Waals surface area contributed by atoms with E-state index in [9.17, 15) is 4.79 Å². The summed E-state index contributed by atoms with van der Waals surface area (Å²) in [5.74, 6) is -0.0000190. The highest BCUT2D eigenvalue weighted by atomic mass is 16.1. The lowest BCUT2D eigenvalue weighted by Gasteiger charge is -2.25. The monoisotopic (exact) mass is 220 g/mol. The van der Waals surface area contributed by atoms with Crippen molar-refractivity contribution in [2.24, 2.45) is 5.73 Å². The molecule has 0 saturated heterocycles. The lowest BCUT2D eigenvalue weighted by atomic mass is 9.94. The van der Waals surface area contributed by atoms with Crippen molar-refractivity contribution in [3.8, 4) is 0 Å². The van der Waals surface area contributed by atoms with E-state index < -0.39 is 0 Å². The predicted octanol–water partition coefficient (Wildman–Crippen LogP) is 1.60. The molecule has 1 rings (SSSR count). The molecule has 0 radical (unpaired) electrons. The molecule has 0 unspecified atom stereocenters. The van der Waals surface area contributed by atoms with Gasteiger partial charge in [-0.3, -0.25) is 4.79 Å². The Labute approximate surface area is 97.0 Å². The number of hydrogen-bond acceptors (Lipinski definition) is 2. The minimum absolute atomic E-state index is 0.0000190. The summed E-state index contributed by atoms with van der Waals surface area (Å²) < 4.78 is 0. The van der Waals surface area contributed by atoms with Crippen molar-refractivity contribution in [2.45, 2.75) is 39.3 Å². The molecule has 3 N–H and O–H groups in total. The minimum Gasteiger partial charge on any atom is -0.351 e. The van der Waals surface area contributed by atoms with Crippen LogP contribution in [0, 0.1) is 0 Å². The van der Waals surface area contributed by atoms with Gasteiger partial charge in [-0.1, -0.05) is 24.3 Å². The van der Waals surface area contributed by atoms with Crippen LogP contribution in [0.4, 0.5) is 0 Å². The van der Waals surface area contributed by atoms with Gasteiger partial charge in [0.05, 0.1) is 0 Å². The van der Waals surface area contributed by atoms with Crippen molar-refractivity contribution in [3.05, 3.63) is 35.4 Å². The van der Waals surface area contributed by atoms with Gasteiger partial charge in [0.15, 0.2) is 0 Å². The number of benzene rings is 1. The normalized spacial score (nSPS) is 11.2. The van der Waals surface area contributed by atoms with Crippen molar-refractivity contribution in [1.82, 2.24) is 5.32 Å². The molecular weight excluding hydrogens is 200 g/mol. The number of carbonyl (C=O) groups is 1. The smallest absolute Gasteiger partial charge is 0.217 e. The molecule has 1 amide bonds. The van der Waals surface area contributed by atoms with Gasteiger partial charge >= 0.3 is 0 Å². The van der Waals surface area contributed by atoms with Crippen LogP contribution in [-0.4, -0.2) is 11.4 Å². The van der Waals surface area contributed by atoms with Crippen LogP contribution in [0.25, 0.3) is 0 Å². The van der Waals surface area contributed by atoms with Crippen LogP contribution in [0.5, 0.6) is 0 Å². The summed E-state index contributed by atoms with van der Waals surface area (Å²) in [6, 6.07) is 8.16. The lowest BCUT2D eigenvalue weighted by molar-refractivity contribution is -0.120. The first-order valence-corrected chi connectivity index (χ1v) is 5.49. The summed E-state index contributed by atoms with van der Waals surface area (Å²) in [4.78, 5) is 11.0. The van der Waals surface area contributed by atoms with Gasteiger partial charge in [0.2, 0.25) is 5.91 Å². The Hall–Kier alpha value is -1.35. The average molecular weight is 220 g/mol. The number of nitrogens with two attached hydrogens (primary N) is 1. The van der Waals surface area contributed by atoms with Crippen LogP contribution in [0.1, 0.15) is 31.9 Å². The molecule has 88 valence electrons. The van der Waals surface area contributed by atoms with Gasteiger partial charge < -0.3 is 11.1 Å². The molecule has 3 nitrogen and oxygen atoms in total. The lowest BCUT2D eigenvalue weighted by Crippen LogP contribution is -2.44. The molecule has 0 heterocycles. The molecule has 0 aliphatic heterocycles. The Balaban J connectivity index is 2.75. The maximum Gasteiger partial charge on any atom is 0.217 e. The first kappa shape index (κ1) is 12.7. The molecule has 0 atom stereocenters. The summed E-state index contributed by atoms with van der Waals surface area (Å²) in [6.07, 6.45) is 0.806. The van der Waals surface area contributed by atoms with Crippen LogP contribution in [0.15, 0.2) is 24.3 Å². The van der Waals surface area contributed by atoms with Crippen LogP contribution in [0.2, 0.25) is 0 Å². The zero-order valence-corrected chi connectivity index (χ0v) is 10.2. The molecule has 0 aromatic heterocycles. The highest BCUT2D eigenvalue weighted by Gasteiger charge is 2.19. The Kier molecular flexibility index (Phi) is 4.07.